The fraction of sp³-hybridized carbons (Fsp3) is 0. The second-order valence-electron chi connectivity index (χ2n) is 1.22. The van der Waals surface area contributed by atoms with Gasteiger partial charge in [-0.05, 0) is 0 Å². The van der Waals surface area contributed by atoms with E-state index in [-0.39, 0.29) is 0 Å². The lowest BCUT2D eigenvalue weighted by atomic mass is 10.7. The second-order valence-corrected chi connectivity index (χ2v) is 1.22. The molecule has 1 aromatic heterocycles. The molecule has 0 fully saturated rings. The van der Waals surface area contributed by atoms with Crippen LogP contribution in [0.3, 0.4) is 0 Å². The molecule has 0 bridgehead atoms. The van der Waals surface area contributed by atoms with Crippen molar-refractivity contribution < 1.29 is 4.42 Å². The monoisotopic (exact) mass is 95.0 g/mol. The molecule has 0 saturated heterocycles. The van der Waals surface area contributed by atoms with E-state index in [2.05, 4.69) is 22.6 Å². The lowest BCUT2D eigenvalue weighted by Crippen LogP contribution is -2.17. The van der Waals surface area contributed by atoms with Gasteiger partial charge in [-0.3, -0.25) is 0 Å². The van der Waals surface area contributed by atoms with Crippen molar-refractivity contribution in [2.45, 2.75) is 0 Å². The molecule has 1 aromatic rings. The Morgan fingerprint density at radius 2 is 2.29 bits per heavy atom. The summed E-state index contributed by atoms with van der Waals surface area (Å²) < 4.78 is 4.68. The first-order chi connectivity index (χ1) is 3.30. The minimum Gasteiger partial charge on any atom is -0.444 e. The van der Waals surface area contributed by atoms with E-state index < -0.39 is 0 Å². The molecular formula is C5H5NO. The third-order valence-corrected chi connectivity index (χ3v) is 0.725. The van der Waals surface area contributed by atoms with Crippen molar-refractivity contribution >= 4 is 13.2 Å². The van der Waals surface area contributed by atoms with E-state index in [4.69, 9.17) is 0 Å². The Balaban J connectivity index is 3.71. The SMILES string of the molecule is C=c1ncoc1=C. The van der Waals surface area contributed by atoms with Crippen molar-refractivity contribution in [1.29, 1.82) is 0 Å². The smallest absolute Gasteiger partial charge is 0.181 e. The summed E-state index contributed by atoms with van der Waals surface area (Å²) in [5, 5.41) is 0.611. The molecule has 1 rings (SSSR count). The van der Waals surface area contributed by atoms with Crippen LogP contribution >= 0.6 is 0 Å². The van der Waals surface area contributed by atoms with Crippen LogP contribution in [0.15, 0.2) is 10.8 Å². The van der Waals surface area contributed by atoms with E-state index in [0.29, 0.717) is 10.8 Å². The first-order valence-electron chi connectivity index (χ1n) is 1.88. The number of rotatable bonds is 0. The van der Waals surface area contributed by atoms with Gasteiger partial charge in [0, 0.05) is 0 Å². The molecule has 0 radical (unpaired) electrons. The van der Waals surface area contributed by atoms with E-state index in [0.717, 1.165) is 0 Å². The minimum absolute atomic E-state index is 0.542. The molecule has 0 N–H and O–H groups in total. The molecule has 0 aliphatic rings. The van der Waals surface area contributed by atoms with Crippen LogP contribution in [0.4, 0.5) is 0 Å². The van der Waals surface area contributed by atoms with E-state index >= 15 is 0 Å². The van der Waals surface area contributed by atoms with Gasteiger partial charge in [0.2, 0.25) is 0 Å². The predicted molar refractivity (Wildman–Crippen MR) is 26.8 cm³/mol. The molecule has 1 heterocycles. The second kappa shape index (κ2) is 1.22. The molecule has 0 atom stereocenters. The van der Waals surface area contributed by atoms with Gasteiger partial charge in [0.1, 0.15) is 10.8 Å². The van der Waals surface area contributed by atoms with Crippen LogP contribution in [0.2, 0.25) is 0 Å². The molecular weight excluding hydrogens is 90.1 g/mol. The van der Waals surface area contributed by atoms with Crippen molar-refractivity contribution in [3.8, 4) is 0 Å². The Morgan fingerprint density at radius 3 is 2.43 bits per heavy atom. The summed E-state index contributed by atoms with van der Waals surface area (Å²) in [6.45, 7) is 7.00. The summed E-state index contributed by atoms with van der Waals surface area (Å²) in [6.07, 6.45) is 1.32. The summed E-state index contributed by atoms with van der Waals surface area (Å²) in [4.78, 5) is 3.68. The van der Waals surface area contributed by atoms with Crippen LogP contribution in [0.5, 0.6) is 0 Å². The van der Waals surface area contributed by atoms with Gasteiger partial charge in [-0.15, -0.1) is 0 Å². The summed E-state index contributed by atoms with van der Waals surface area (Å²) >= 11 is 0. The Bertz CT molecular complexity index is 212. The van der Waals surface area contributed by atoms with E-state index in [9.17, 15) is 0 Å². The summed E-state index contributed by atoms with van der Waals surface area (Å²) in [6, 6.07) is 0. The molecule has 2 nitrogen and oxygen atoms in total. The van der Waals surface area contributed by atoms with Crippen molar-refractivity contribution in [2.75, 3.05) is 0 Å². The number of hydrogen-bond acceptors (Lipinski definition) is 2. The highest BCUT2D eigenvalue weighted by atomic mass is 16.3. The lowest BCUT2D eigenvalue weighted by molar-refractivity contribution is 0.526. The first-order valence-corrected chi connectivity index (χ1v) is 1.88. The Kier molecular flexibility index (Phi) is 0.719. The zero-order valence-corrected chi connectivity index (χ0v) is 3.85. The molecule has 36 valence electrons. The summed E-state index contributed by atoms with van der Waals surface area (Å²) in [5.41, 5.74) is 0.542. The minimum atomic E-state index is 0.542. The quantitative estimate of drug-likeness (QED) is 0.434. The van der Waals surface area contributed by atoms with Gasteiger partial charge < -0.3 is 4.42 Å². The van der Waals surface area contributed by atoms with Crippen molar-refractivity contribution in [3.63, 3.8) is 0 Å². The fourth-order valence-electron chi connectivity index (χ4n) is 0.294. The standard InChI is InChI=1S/C5H5NO/c1-4-5(2)7-3-6-4/h3H,1-2H2. The highest BCUT2D eigenvalue weighted by Crippen LogP contribution is 1.53. The number of aromatic nitrogens is 1. The molecule has 0 aromatic carbocycles. The van der Waals surface area contributed by atoms with E-state index in [1.807, 2.05) is 0 Å². The average Bonchev–Trinajstić information content (AvgIpc) is 1.91. The van der Waals surface area contributed by atoms with Crippen LogP contribution in [0.1, 0.15) is 0 Å². The van der Waals surface area contributed by atoms with E-state index in [1.54, 1.807) is 0 Å². The van der Waals surface area contributed by atoms with Crippen LogP contribution in [0, 0.1) is 0 Å². The van der Waals surface area contributed by atoms with Gasteiger partial charge in [-0.25, -0.2) is 4.98 Å². The summed E-state index contributed by atoms with van der Waals surface area (Å²) in [7, 11) is 0. The lowest BCUT2D eigenvalue weighted by Gasteiger charge is -1.58. The number of nitrogens with zero attached hydrogens (tertiary/aromatic N) is 1. The van der Waals surface area contributed by atoms with Gasteiger partial charge in [0.05, 0.1) is 0 Å². The van der Waals surface area contributed by atoms with Crippen LogP contribution in [-0.4, -0.2) is 4.98 Å². The number of hydrogen-bond donors (Lipinski definition) is 0. The maximum Gasteiger partial charge on any atom is 0.181 e. The van der Waals surface area contributed by atoms with Crippen molar-refractivity contribution in [2.24, 2.45) is 0 Å². The molecule has 0 amide bonds. The van der Waals surface area contributed by atoms with Gasteiger partial charge in [0.25, 0.3) is 0 Å². The third kappa shape index (κ3) is 0.538. The van der Waals surface area contributed by atoms with Crippen LogP contribution in [0.25, 0.3) is 13.2 Å². The zero-order chi connectivity index (χ0) is 5.28. The first kappa shape index (κ1) is 4.12. The summed E-state index contributed by atoms with van der Waals surface area (Å²) in [5.74, 6) is 0. The third-order valence-electron chi connectivity index (χ3n) is 0.725. The predicted octanol–water partition coefficient (Wildman–Crippen LogP) is -0.505. The Labute approximate surface area is 40.8 Å². The van der Waals surface area contributed by atoms with Gasteiger partial charge in [0.15, 0.2) is 6.39 Å². The van der Waals surface area contributed by atoms with Crippen LogP contribution < -0.4 is 10.8 Å². The fourth-order valence-corrected chi connectivity index (χ4v) is 0.294. The van der Waals surface area contributed by atoms with E-state index in [1.165, 1.54) is 6.39 Å². The molecule has 0 aliphatic heterocycles. The Hall–Kier alpha value is -1.05. The molecule has 2 heteroatoms. The van der Waals surface area contributed by atoms with Crippen molar-refractivity contribution in [3.05, 3.63) is 17.2 Å². The highest BCUT2D eigenvalue weighted by Gasteiger charge is 1.76. The normalized spacial score (nSPS) is 9.14. The topological polar surface area (TPSA) is 26.0 Å². The van der Waals surface area contributed by atoms with Gasteiger partial charge in [-0.2, -0.15) is 0 Å². The van der Waals surface area contributed by atoms with Gasteiger partial charge in [-0.1, -0.05) is 13.2 Å². The number of oxazole rings is 1. The molecule has 7 heavy (non-hydrogen) atoms. The van der Waals surface area contributed by atoms with Gasteiger partial charge >= 0.3 is 0 Å². The maximum absolute atomic E-state index is 4.68. The highest BCUT2D eigenvalue weighted by molar-refractivity contribution is 4.98. The molecule has 0 spiro atoms. The maximum atomic E-state index is 4.68. The average molecular weight is 95.1 g/mol. The zero-order valence-electron chi connectivity index (χ0n) is 3.85. The molecule has 0 saturated carbocycles. The largest absolute Gasteiger partial charge is 0.444 e. The molecule has 0 aliphatic carbocycles. The van der Waals surface area contributed by atoms with Crippen molar-refractivity contribution in [1.82, 2.24) is 4.98 Å². The Morgan fingerprint density at radius 1 is 1.57 bits per heavy atom. The molecule has 0 unspecified atom stereocenters. The van der Waals surface area contributed by atoms with Crippen LogP contribution in [-0.2, 0) is 0 Å².